The fraction of sp³-hybridized carbons (Fsp3) is 0.227. The van der Waals surface area contributed by atoms with E-state index in [-0.39, 0.29) is 11.3 Å². The van der Waals surface area contributed by atoms with Gasteiger partial charge in [0.15, 0.2) is 0 Å². The minimum Gasteiger partial charge on any atom is -0.324 e. The Hall–Kier alpha value is -3.21. The van der Waals surface area contributed by atoms with Gasteiger partial charge in [-0.15, -0.1) is 0 Å². The minimum absolute atomic E-state index is 0.0779. The highest BCUT2D eigenvalue weighted by atomic mass is 16.1. The van der Waals surface area contributed by atoms with Crippen LogP contribution in [0.2, 0.25) is 0 Å². The second-order valence-electron chi connectivity index (χ2n) is 7.46. The molecule has 0 atom stereocenters. The molecular formula is C22H24N4O. The number of hydrogen-bond acceptors (Lipinski definition) is 4. The summed E-state index contributed by atoms with van der Waals surface area (Å²) in [5, 5.41) is 6.13. The van der Waals surface area contributed by atoms with E-state index in [4.69, 9.17) is 0 Å². The molecule has 0 saturated heterocycles. The smallest absolute Gasteiger partial charge is 0.274 e. The molecule has 0 aliphatic carbocycles. The maximum atomic E-state index is 12.8. The molecule has 0 spiro atoms. The van der Waals surface area contributed by atoms with Crippen molar-refractivity contribution in [1.82, 2.24) is 9.97 Å². The predicted molar refractivity (Wildman–Crippen MR) is 110 cm³/mol. The van der Waals surface area contributed by atoms with Gasteiger partial charge in [-0.05, 0) is 42.2 Å². The molecule has 0 radical (unpaired) electrons. The highest BCUT2D eigenvalue weighted by Gasteiger charge is 2.19. The third-order valence-corrected chi connectivity index (χ3v) is 4.10. The number of nitrogens with one attached hydrogen (secondary N) is 2. The number of rotatable bonds is 4. The molecule has 1 heterocycles. The topological polar surface area (TPSA) is 66.9 Å². The van der Waals surface area contributed by atoms with Gasteiger partial charge in [0.2, 0.25) is 5.95 Å². The Morgan fingerprint density at radius 2 is 1.59 bits per heavy atom. The number of anilines is 3. The van der Waals surface area contributed by atoms with Crippen LogP contribution in [-0.4, -0.2) is 15.9 Å². The monoisotopic (exact) mass is 360 g/mol. The Morgan fingerprint density at radius 3 is 2.30 bits per heavy atom. The Kier molecular flexibility index (Phi) is 5.21. The lowest BCUT2D eigenvalue weighted by Crippen LogP contribution is -2.20. The van der Waals surface area contributed by atoms with Crippen LogP contribution in [0.4, 0.5) is 17.3 Å². The zero-order valence-corrected chi connectivity index (χ0v) is 16.1. The summed E-state index contributed by atoms with van der Waals surface area (Å²) in [7, 11) is 0. The van der Waals surface area contributed by atoms with Crippen LogP contribution in [0, 0.1) is 6.92 Å². The van der Waals surface area contributed by atoms with Crippen molar-refractivity contribution in [2.45, 2.75) is 33.1 Å². The Labute approximate surface area is 159 Å². The van der Waals surface area contributed by atoms with E-state index in [1.54, 1.807) is 6.07 Å². The molecule has 0 bridgehead atoms. The summed E-state index contributed by atoms with van der Waals surface area (Å²) in [5.74, 6) is 0.142. The first-order valence-electron chi connectivity index (χ1n) is 8.91. The molecular weight excluding hydrogens is 336 g/mol. The second kappa shape index (κ2) is 7.58. The van der Waals surface area contributed by atoms with Crippen LogP contribution in [0.25, 0.3) is 0 Å². The van der Waals surface area contributed by atoms with Gasteiger partial charge in [0.25, 0.3) is 5.91 Å². The molecule has 5 heteroatoms. The molecule has 3 rings (SSSR count). The standard InChI is InChI=1S/C22H24N4O/c1-15-14-19(26-21(23-15)24-16-10-6-5-7-11-16)20(27)25-18-13-9-8-12-17(18)22(2,3)4/h5-14H,1-4H3,(H,25,27)(H,23,24,26). The van der Waals surface area contributed by atoms with E-state index in [1.165, 1.54) is 0 Å². The molecule has 27 heavy (non-hydrogen) atoms. The zero-order chi connectivity index (χ0) is 19.4. The highest BCUT2D eigenvalue weighted by molar-refractivity contribution is 6.03. The third kappa shape index (κ3) is 4.70. The number of hydrogen-bond donors (Lipinski definition) is 2. The molecule has 3 aromatic rings. The number of amides is 1. The van der Waals surface area contributed by atoms with Crippen molar-refractivity contribution in [1.29, 1.82) is 0 Å². The first kappa shape index (κ1) is 18.6. The summed E-state index contributed by atoms with van der Waals surface area (Å²) in [4.78, 5) is 21.6. The van der Waals surface area contributed by atoms with Crippen LogP contribution in [0.1, 0.15) is 42.5 Å². The molecule has 1 aromatic heterocycles. The van der Waals surface area contributed by atoms with Gasteiger partial charge in [-0.2, -0.15) is 0 Å². The lowest BCUT2D eigenvalue weighted by Gasteiger charge is -2.23. The highest BCUT2D eigenvalue weighted by Crippen LogP contribution is 2.29. The van der Waals surface area contributed by atoms with E-state index in [2.05, 4.69) is 41.4 Å². The predicted octanol–water partition coefficient (Wildman–Crippen LogP) is 5.08. The van der Waals surface area contributed by atoms with Crippen molar-refractivity contribution >= 4 is 23.2 Å². The van der Waals surface area contributed by atoms with Crippen molar-refractivity contribution in [2.24, 2.45) is 0 Å². The molecule has 0 aliphatic rings. The maximum Gasteiger partial charge on any atom is 0.274 e. The fourth-order valence-corrected chi connectivity index (χ4v) is 2.82. The Balaban J connectivity index is 1.86. The minimum atomic E-state index is -0.256. The second-order valence-corrected chi connectivity index (χ2v) is 7.46. The van der Waals surface area contributed by atoms with Gasteiger partial charge in [0.05, 0.1) is 0 Å². The molecule has 2 N–H and O–H groups in total. The number of carbonyl (C=O) groups is 1. The molecule has 0 saturated carbocycles. The molecule has 0 aliphatic heterocycles. The average Bonchev–Trinajstić information content (AvgIpc) is 2.61. The van der Waals surface area contributed by atoms with Crippen molar-refractivity contribution in [3.63, 3.8) is 0 Å². The quantitative estimate of drug-likeness (QED) is 0.681. The lowest BCUT2D eigenvalue weighted by atomic mass is 9.86. The fourth-order valence-electron chi connectivity index (χ4n) is 2.82. The van der Waals surface area contributed by atoms with Crippen molar-refractivity contribution in [3.8, 4) is 0 Å². The van der Waals surface area contributed by atoms with E-state index in [0.717, 1.165) is 22.6 Å². The summed E-state index contributed by atoms with van der Waals surface area (Å²) in [6.45, 7) is 8.20. The van der Waals surface area contributed by atoms with E-state index in [0.29, 0.717) is 11.6 Å². The van der Waals surface area contributed by atoms with Crippen LogP contribution >= 0.6 is 0 Å². The number of carbonyl (C=O) groups excluding carboxylic acids is 1. The summed E-state index contributed by atoms with van der Waals surface area (Å²) in [6.07, 6.45) is 0. The van der Waals surface area contributed by atoms with E-state index in [1.807, 2.05) is 61.5 Å². The summed E-state index contributed by atoms with van der Waals surface area (Å²) >= 11 is 0. The first-order chi connectivity index (χ1) is 12.8. The van der Waals surface area contributed by atoms with Gasteiger partial charge in [-0.3, -0.25) is 4.79 Å². The van der Waals surface area contributed by atoms with Crippen molar-refractivity contribution in [3.05, 3.63) is 77.6 Å². The Bertz CT molecular complexity index is 946. The van der Waals surface area contributed by atoms with Crippen LogP contribution < -0.4 is 10.6 Å². The SMILES string of the molecule is Cc1cc(C(=O)Nc2ccccc2C(C)(C)C)nc(Nc2ccccc2)n1. The third-order valence-electron chi connectivity index (χ3n) is 4.10. The average molecular weight is 360 g/mol. The number of nitrogens with zero attached hydrogens (tertiary/aromatic N) is 2. The number of para-hydroxylation sites is 2. The summed E-state index contributed by atoms with van der Waals surface area (Å²) in [6, 6.07) is 19.2. The van der Waals surface area contributed by atoms with Gasteiger partial charge < -0.3 is 10.6 Å². The van der Waals surface area contributed by atoms with Crippen LogP contribution in [-0.2, 0) is 5.41 Å². The summed E-state index contributed by atoms with van der Waals surface area (Å²) in [5.41, 5.74) is 3.70. The molecule has 2 aromatic carbocycles. The molecule has 0 fully saturated rings. The van der Waals surface area contributed by atoms with Gasteiger partial charge in [0.1, 0.15) is 5.69 Å². The van der Waals surface area contributed by atoms with Crippen LogP contribution in [0.15, 0.2) is 60.7 Å². The van der Waals surface area contributed by atoms with Gasteiger partial charge in [-0.25, -0.2) is 9.97 Å². The summed E-state index contributed by atoms with van der Waals surface area (Å²) < 4.78 is 0. The number of aromatic nitrogens is 2. The number of aryl methyl sites for hydroxylation is 1. The number of benzene rings is 2. The van der Waals surface area contributed by atoms with Gasteiger partial charge in [-0.1, -0.05) is 57.2 Å². The molecule has 0 unspecified atom stereocenters. The van der Waals surface area contributed by atoms with E-state index in [9.17, 15) is 4.79 Å². The maximum absolute atomic E-state index is 12.8. The van der Waals surface area contributed by atoms with Crippen LogP contribution in [0.5, 0.6) is 0 Å². The van der Waals surface area contributed by atoms with E-state index < -0.39 is 0 Å². The molecule has 138 valence electrons. The largest absolute Gasteiger partial charge is 0.324 e. The molecule has 1 amide bonds. The zero-order valence-electron chi connectivity index (χ0n) is 16.1. The lowest BCUT2D eigenvalue weighted by molar-refractivity contribution is 0.102. The van der Waals surface area contributed by atoms with Crippen molar-refractivity contribution < 1.29 is 4.79 Å². The molecule has 5 nitrogen and oxygen atoms in total. The van der Waals surface area contributed by atoms with Gasteiger partial charge in [0, 0.05) is 17.1 Å². The van der Waals surface area contributed by atoms with Crippen molar-refractivity contribution in [2.75, 3.05) is 10.6 Å². The van der Waals surface area contributed by atoms with Gasteiger partial charge >= 0.3 is 0 Å². The van der Waals surface area contributed by atoms with Crippen LogP contribution in [0.3, 0.4) is 0 Å². The normalized spacial score (nSPS) is 11.1. The Morgan fingerprint density at radius 1 is 0.926 bits per heavy atom. The van der Waals surface area contributed by atoms with E-state index >= 15 is 0 Å². The first-order valence-corrected chi connectivity index (χ1v) is 8.91.